The van der Waals surface area contributed by atoms with Crippen molar-refractivity contribution in [1.82, 2.24) is 4.90 Å². The number of ether oxygens (including phenoxy) is 1. The molecule has 1 aliphatic heterocycles. The molecule has 1 saturated carbocycles. The molecule has 0 radical (unpaired) electrons. The molecule has 0 amide bonds. The van der Waals surface area contributed by atoms with Crippen LogP contribution in [-0.4, -0.2) is 41.7 Å². The van der Waals surface area contributed by atoms with Gasteiger partial charge in [-0.2, -0.15) is 0 Å². The molecule has 114 valence electrons. The van der Waals surface area contributed by atoms with Crippen molar-refractivity contribution in [3.63, 3.8) is 0 Å². The molecule has 0 bridgehead atoms. The van der Waals surface area contributed by atoms with Crippen LogP contribution in [0, 0.1) is 5.92 Å². The van der Waals surface area contributed by atoms with Gasteiger partial charge in [-0.1, -0.05) is 12.8 Å². The van der Waals surface area contributed by atoms with Gasteiger partial charge in [0, 0.05) is 12.6 Å². The Balaban J connectivity index is 1.46. The van der Waals surface area contributed by atoms with E-state index < -0.39 is 5.97 Å². The Morgan fingerprint density at radius 3 is 2.71 bits per heavy atom. The van der Waals surface area contributed by atoms with Crippen molar-refractivity contribution in [2.24, 2.45) is 5.92 Å². The largest absolute Gasteiger partial charge is 0.492 e. The number of carboxylic acid groups (broad SMARTS) is 1. The number of likely N-dealkylation sites (tertiary alicyclic amines) is 1. The third-order valence-corrected chi connectivity index (χ3v) is 4.87. The second kappa shape index (κ2) is 6.48. The van der Waals surface area contributed by atoms with Crippen molar-refractivity contribution < 1.29 is 14.6 Å². The normalized spacial score (nSPS) is 25.5. The van der Waals surface area contributed by atoms with Gasteiger partial charge in [0.1, 0.15) is 12.4 Å². The smallest absolute Gasteiger partial charge is 0.335 e. The number of rotatable bonds is 5. The number of carboxylic acids is 1. The summed E-state index contributed by atoms with van der Waals surface area (Å²) in [5.74, 6) is 0.759. The van der Waals surface area contributed by atoms with E-state index in [0.29, 0.717) is 12.2 Å². The van der Waals surface area contributed by atoms with E-state index in [9.17, 15) is 4.79 Å². The molecule has 2 atom stereocenters. The van der Waals surface area contributed by atoms with Crippen LogP contribution in [-0.2, 0) is 0 Å². The molecule has 1 aromatic carbocycles. The number of hydrogen-bond acceptors (Lipinski definition) is 3. The molecule has 2 aliphatic rings. The van der Waals surface area contributed by atoms with Gasteiger partial charge in [0.2, 0.25) is 0 Å². The van der Waals surface area contributed by atoms with E-state index in [1.807, 2.05) is 0 Å². The lowest BCUT2D eigenvalue weighted by Gasteiger charge is -2.31. The van der Waals surface area contributed by atoms with Crippen LogP contribution in [0.4, 0.5) is 0 Å². The van der Waals surface area contributed by atoms with E-state index in [-0.39, 0.29) is 0 Å². The first-order valence-corrected chi connectivity index (χ1v) is 7.94. The fourth-order valence-electron chi connectivity index (χ4n) is 3.76. The summed E-state index contributed by atoms with van der Waals surface area (Å²) in [5, 5.41) is 8.86. The van der Waals surface area contributed by atoms with Crippen LogP contribution in [0.3, 0.4) is 0 Å². The number of benzene rings is 1. The van der Waals surface area contributed by atoms with Gasteiger partial charge >= 0.3 is 5.97 Å². The highest BCUT2D eigenvalue weighted by Crippen LogP contribution is 2.35. The summed E-state index contributed by atoms with van der Waals surface area (Å²) < 4.78 is 5.75. The quantitative estimate of drug-likeness (QED) is 0.905. The van der Waals surface area contributed by atoms with Crippen LogP contribution in [0.15, 0.2) is 24.3 Å². The van der Waals surface area contributed by atoms with Crippen molar-refractivity contribution in [3.8, 4) is 5.75 Å². The van der Waals surface area contributed by atoms with Crippen LogP contribution < -0.4 is 4.74 Å². The highest BCUT2D eigenvalue weighted by Gasteiger charge is 2.35. The lowest BCUT2D eigenvalue weighted by atomic mass is 9.85. The standard InChI is InChI=1S/C17H23NO3/c19-17(20)14-5-7-15(8-6-14)21-12-11-18-10-9-13-3-1-2-4-16(13)18/h5-8,13,16H,1-4,9-12H2,(H,19,20). The molecule has 3 rings (SSSR count). The summed E-state index contributed by atoms with van der Waals surface area (Å²) in [6.07, 6.45) is 6.87. The Morgan fingerprint density at radius 1 is 1.19 bits per heavy atom. The first-order chi connectivity index (χ1) is 10.2. The molecule has 2 unspecified atom stereocenters. The number of nitrogens with zero attached hydrogens (tertiary/aromatic N) is 1. The molecule has 21 heavy (non-hydrogen) atoms. The van der Waals surface area contributed by atoms with E-state index in [4.69, 9.17) is 9.84 Å². The van der Waals surface area contributed by atoms with E-state index in [0.717, 1.165) is 24.3 Å². The van der Waals surface area contributed by atoms with E-state index >= 15 is 0 Å². The highest BCUT2D eigenvalue weighted by molar-refractivity contribution is 5.87. The maximum Gasteiger partial charge on any atom is 0.335 e. The summed E-state index contributed by atoms with van der Waals surface area (Å²) >= 11 is 0. The molecule has 1 aliphatic carbocycles. The fraction of sp³-hybridized carbons (Fsp3) is 0.588. The summed E-state index contributed by atoms with van der Waals surface area (Å²) in [5.41, 5.74) is 0.298. The van der Waals surface area contributed by atoms with Gasteiger partial charge < -0.3 is 9.84 Å². The maximum atomic E-state index is 10.8. The topological polar surface area (TPSA) is 49.8 Å². The zero-order valence-corrected chi connectivity index (χ0v) is 12.3. The van der Waals surface area contributed by atoms with Gasteiger partial charge in [-0.3, -0.25) is 4.90 Å². The Bertz CT molecular complexity index is 485. The highest BCUT2D eigenvalue weighted by atomic mass is 16.5. The molecular formula is C17H23NO3. The van der Waals surface area contributed by atoms with Gasteiger partial charge in [0.05, 0.1) is 5.56 Å². The van der Waals surface area contributed by atoms with Crippen molar-refractivity contribution in [2.45, 2.75) is 38.1 Å². The summed E-state index contributed by atoms with van der Waals surface area (Å²) in [6, 6.07) is 7.42. The summed E-state index contributed by atoms with van der Waals surface area (Å²) in [7, 11) is 0. The van der Waals surface area contributed by atoms with Crippen LogP contribution >= 0.6 is 0 Å². The molecule has 4 nitrogen and oxygen atoms in total. The van der Waals surface area contributed by atoms with Crippen LogP contribution in [0.5, 0.6) is 5.75 Å². The van der Waals surface area contributed by atoms with Crippen LogP contribution in [0.1, 0.15) is 42.5 Å². The molecule has 4 heteroatoms. The minimum absolute atomic E-state index is 0.298. The van der Waals surface area contributed by atoms with Crippen LogP contribution in [0.2, 0.25) is 0 Å². The third kappa shape index (κ3) is 3.38. The maximum absolute atomic E-state index is 10.8. The summed E-state index contributed by atoms with van der Waals surface area (Å²) in [4.78, 5) is 13.4. The monoisotopic (exact) mass is 289 g/mol. The van der Waals surface area contributed by atoms with Gasteiger partial charge in [-0.15, -0.1) is 0 Å². The average molecular weight is 289 g/mol. The lowest BCUT2D eigenvalue weighted by Crippen LogP contribution is -2.37. The molecule has 1 N–H and O–H groups in total. The Labute approximate surface area is 125 Å². The Hall–Kier alpha value is -1.55. The second-order valence-corrected chi connectivity index (χ2v) is 6.11. The summed E-state index contributed by atoms with van der Waals surface area (Å²) in [6.45, 7) is 2.86. The van der Waals surface area contributed by atoms with Gasteiger partial charge in [0.15, 0.2) is 0 Å². The molecule has 1 aromatic rings. The van der Waals surface area contributed by atoms with Gasteiger partial charge in [-0.05, 0) is 56.0 Å². The molecule has 1 heterocycles. The van der Waals surface area contributed by atoms with Gasteiger partial charge in [-0.25, -0.2) is 4.79 Å². The zero-order valence-electron chi connectivity index (χ0n) is 12.3. The lowest BCUT2D eigenvalue weighted by molar-refractivity contribution is 0.0697. The molecule has 0 aromatic heterocycles. The third-order valence-electron chi connectivity index (χ3n) is 4.87. The fourth-order valence-corrected chi connectivity index (χ4v) is 3.76. The minimum atomic E-state index is -0.901. The number of hydrogen-bond donors (Lipinski definition) is 1. The first kappa shape index (κ1) is 14.4. The van der Waals surface area contributed by atoms with E-state index in [2.05, 4.69) is 4.90 Å². The van der Waals surface area contributed by atoms with E-state index in [1.54, 1.807) is 24.3 Å². The molecule has 2 fully saturated rings. The molecule has 1 saturated heterocycles. The SMILES string of the molecule is O=C(O)c1ccc(OCCN2CCC3CCCCC32)cc1. The van der Waals surface area contributed by atoms with Crippen molar-refractivity contribution in [3.05, 3.63) is 29.8 Å². The number of fused-ring (bicyclic) bond motifs is 1. The zero-order chi connectivity index (χ0) is 14.7. The van der Waals surface area contributed by atoms with Crippen molar-refractivity contribution >= 4 is 5.97 Å². The minimum Gasteiger partial charge on any atom is -0.492 e. The van der Waals surface area contributed by atoms with E-state index in [1.165, 1.54) is 38.6 Å². The number of aromatic carboxylic acids is 1. The number of carbonyl (C=O) groups is 1. The average Bonchev–Trinajstić information content (AvgIpc) is 2.91. The Morgan fingerprint density at radius 2 is 1.95 bits per heavy atom. The first-order valence-electron chi connectivity index (χ1n) is 7.94. The van der Waals surface area contributed by atoms with Crippen LogP contribution in [0.25, 0.3) is 0 Å². The predicted octanol–water partition coefficient (Wildman–Crippen LogP) is 3.03. The predicted molar refractivity (Wildman–Crippen MR) is 80.8 cm³/mol. The van der Waals surface area contributed by atoms with Gasteiger partial charge in [0.25, 0.3) is 0 Å². The Kier molecular flexibility index (Phi) is 4.44. The molecular weight excluding hydrogens is 266 g/mol. The van der Waals surface area contributed by atoms with Crippen molar-refractivity contribution in [1.29, 1.82) is 0 Å². The van der Waals surface area contributed by atoms with Crippen molar-refractivity contribution in [2.75, 3.05) is 19.7 Å². The second-order valence-electron chi connectivity index (χ2n) is 6.11. The molecule has 0 spiro atoms.